The maximum Gasteiger partial charge on any atom is 0.325 e. The summed E-state index contributed by atoms with van der Waals surface area (Å²) in [7, 11) is 0. The van der Waals surface area contributed by atoms with Crippen molar-refractivity contribution in [2.24, 2.45) is 0 Å². The van der Waals surface area contributed by atoms with Gasteiger partial charge in [0.1, 0.15) is 18.9 Å². The van der Waals surface area contributed by atoms with Crippen LogP contribution < -0.4 is 5.32 Å². The molecule has 9 heteroatoms. The number of carbonyl (C=O) groups excluding carboxylic acids is 3. The Bertz CT molecular complexity index is 885. The van der Waals surface area contributed by atoms with E-state index in [2.05, 4.69) is 5.32 Å². The number of halogens is 1. The molecule has 31 heavy (non-hydrogen) atoms. The molecule has 0 aliphatic heterocycles. The average Bonchev–Trinajstić information content (AvgIpc) is 3.47. The SMILES string of the molecule is CCOC(=O)CNC(=O)N(CC(=O)N(Cc1ccc(F)cc1)Cc1cccs1)C1CC1. The Balaban J connectivity index is 1.67. The molecule has 1 fully saturated rings. The molecule has 0 saturated heterocycles. The highest BCUT2D eigenvalue weighted by Gasteiger charge is 2.35. The first-order chi connectivity index (χ1) is 15.0. The van der Waals surface area contributed by atoms with E-state index in [-0.39, 0.29) is 37.5 Å². The van der Waals surface area contributed by atoms with Gasteiger partial charge in [-0.05, 0) is 48.9 Å². The fourth-order valence-corrected chi connectivity index (χ4v) is 3.81. The number of hydrogen-bond acceptors (Lipinski definition) is 5. The summed E-state index contributed by atoms with van der Waals surface area (Å²) >= 11 is 1.54. The minimum atomic E-state index is -0.520. The standard InChI is InChI=1S/C22H26FN3O4S/c1-2-30-21(28)12-24-22(29)26(18-9-10-18)15-20(27)25(14-19-4-3-11-31-19)13-16-5-7-17(23)8-6-16/h3-8,11,18H,2,9-10,12-15H2,1H3,(H,24,29). The van der Waals surface area contributed by atoms with Gasteiger partial charge in [0.25, 0.3) is 0 Å². The number of hydrogen-bond donors (Lipinski definition) is 1. The molecule has 1 N–H and O–H groups in total. The molecule has 7 nitrogen and oxygen atoms in total. The lowest BCUT2D eigenvalue weighted by molar-refractivity contribution is -0.141. The predicted octanol–water partition coefficient (Wildman–Crippen LogP) is 3.15. The van der Waals surface area contributed by atoms with Gasteiger partial charge >= 0.3 is 12.0 Å². The van der Waals surface area contributed by atoms with E-state index in [0.717, 1.165) is 23.3 Å². The third kappa shape index (κ3) is 7.06. The molecule has 1 aliphatic carbocycles. The molecule has 166 valence electrons. The minimum Gasteiger partial charge on any atom is -0.465 e. The van der Waals surface area contributed by atoms with Crippen LogP contribution >= 0.6 is 11.3 Å². The number of nitrogens with zero attached hydrogens (tertiary/aromatic N) is 2. The molecule has 1 aliphatic rings. The minimum absolute atomic E-state index is 0.0134. The van der Waals surface area contributed by atoms with Gasteiger partial charge in [0.05, 0.1) is 13.2 Å². The number of nitrogens with one attached hydrogen (secondary N) is 1. The van der Waals surface area contributed by atoms with Gasteiger partial charge in [-0.25, -0.2) is 9.18 Å². The molecular weight excluding hydrogens is 421 g/mol. The molecule has 2 aromatic rings. The number of benzene rings is 1. The highest BCUT2D eigenvalue weighted by molar-refractivity contribution is 7.09. The molecule has 1 saturated carbocycles. The first kappa shape index (κ1) is 22.7. The largest absolute Gasteiger partial charge is 0.465 e. The van der Waals surface area contributed by atoms with Gasteiger partial charge in [-0.1, -0.05) is 18.2 Å². The Morgan fingerprint density at radius 1 is 1.16 bits per heavy atom. The summed E-state index contributed by atoms with van der Waals surface area (Å²) in [6, 6.07) is 9.41. The highest BCUT2D eigenvalue weighted by atomic mass is 32.1. The van der Waals surface area contributed by atoms with Crippen LogP contribution in [-0.4, -0.2) is 53.4 Å². The fourth-order valence-electron chi connectivity index (χ4n) is 3.09. The second-order valence-electron chi connectivity index (χ2n) is 7.28. The van der Waals surface area contributed by atoms with Crippen molar-refractivity contribution in [3.05, 3.63) is 58.0 Å². The first-order valence-electron chi connectivity index (χ1n) is 10.2. The van der Waals surface area contributed by atoms with Crippen LogP contribution in [0.25, 0.3) is 0 Å². The summed E-state index contributed by atoms with van der Waals surface area (Å²) in [5.41, 5.74) is 0.802. The zero-order valence-corrected chi connectivity index (χ0v) is 18.2. The van der Waals surface area contributed by atoms with Crippen molar-refractivity contribution in [3.63, 3.8) is 0 Å². The van der Waals surface area contributed by atoms with Crippen molar-refractivity contribution in [1.82, 2.24) is 15.1 Å². The molecule has 0 atom stereocenters. The monoisotopic (exact) mass is 447 g/mol. The van der Waals surface area contributed by atoms with E-state index in [9.17, 15) is 18.8 Å². The molecule has 1 heterocycles. The molecule has 3 amide bonds. The van der Waals surface area contributed by atoms with Crippen molar-refractivity contribution < 1.29 is 23.5 Å². The summed E-state index contributed by atoms with van der Waals surface area (Å²) in [4.78, 5) is 41.5. The Kier molecular flexibility index (Phi) is 8.00. The smallest absolute Gasteiger partial charge is 0.325 e. The number of rotatable bonds is 10. The summed E-state index contributed by atoms with van der Waals surface area (Å²) in [6.07, 6.45) is 1.64. The van der Waals surface area contributed by atoms with Crippen molar-refractivity contribution in [3.8, 4) is 0 Å². The van der Waals surface area contributed by atoms with Crippen LogP contribution in [0.1, 0.15) is 30.2 Å². The third-order valence-electron chi connectivity index (χ3n) is 4.81. The lowest BCUT2D eigenvalue weighted by Gasteiger charge is -2.27. The van der Waals surface area contributed by atoms with E-state index >= 15 is 0 Å². The van der Waals surface area contributed by atoms with Gasteiger partial charge in [-0.15, -0.1) is 11.3 Å². The van der Waals surface area contributed by atoms with Crippen LogP contribution in [-0.2, 0) is 27.4 Å². The normalized spacial score (nSPS) is 12.8. The van der Waals surface area contributed by atoms with Crippen LogP contribution in [0.3, 0.4) is 0 Å². The second kappa shape index (κ2) is 10.9. The zero-order chi connectivity index (χ0) is 22.2. The van der Waals surface area contributed by atoms with Crippen LogP contribution in [0, 0.1) is 5.82 Å². The zero-order valence-electron chi connectivity index (χ0n) is 17.4. The molecule has 0 bridgehead atoms. The molecule has 0 radical (unpaired) electrons. The van der Waals surface area contributed by atoms with E-state index in [4.69, 9.17) is 4.74 Å². The van der Waals surface area contributed by atoms with E-state index in [1.807, 2.05) is 17.5 Å². The third-order valence-corrected chi connectivity index (χ3v) is 5.67. The first-order valence-corrected chi connectivity index (χ1v) is 11.1. The number of amides is 3. The molecular formula is C22H26FN3O4S. The maximum absolute atomic E-state index is 13.3. The number of esters is 1. The summed E-state index contributed by atoms with van der Waals surface area (Å²) < 4.78 is 18.1. The lowest BCUT2D eigenvalue weighted by atomic mass is 10.2. The Hall–Kier alpha value is -2.94. The highest BCUT2D eigenvalue weighted by Crippen LogP contribution is 2.27. The Morgan fingerprint density at radius 2 is 1.90 bits per heavy atom. The van der Waals surface area contributed by atoms with E-state index in [0.29, 0.717) is 13.1 Å². The van der Waals surface area contributed by atoms with Crippen LogP contribution in [0.5, 0.6) is 0 Å². The van der Waals surface area contributed by atoms with E-state index in [1.54, 1.807) is 35.3 Å². The summed E-state index contributed by atoms with van der Waals surface area (Å²) in [5.74, 6) is -1.07. The predicted molar refractivity (Wildman–Crippen MR) is 115 cm³/mol. The number of urea groups is 1. The van der Waals surface area contributed by atoms with Crippen LogP contribution in [0.4, 0.5) is 9.18 Å². The summed E-state index contributed by atoms with van der Waals surface area (Å²) in [6.45, 7) is 2.31. The number of thiophene rings is 1. The van der Waals surface area contributed by atoms with E-state index in [1.165, 1.54) is 17.0 Å². The molecule has 1 aromatic carbocycles. The Labute approximate surface area is 184 Å². The maximum atomic E-state index is 13.3. The van der Waals surface area contributed by atoms with E-state index < -0.39 is 12.0 Å². The molecule has 1 aromatic heterocycles. The van der Waals surface area contributed by atoms with Crippen molar-refractivity contribution >= 4 is 29.2 Å². The fraction of sp³-hybridized carbons (Fsp3) is 0.409. The second-order valence-corrected chi connectivity index (χ2v) is 8.31. The quantitative estimate of drug-likeness (QED) is 0.568. The lowest BCUT2D eigenvalue weighted by Crippen LogP contribution is -2.48. The van der Waals surface area contributed by atoms with Crippen LogP contribution in [0.15, 0.2) is 41.8 Å². The van der Waals surface area contributed by atoms with Gasteiger partial charge in [0.2, 0.25) is 5.91 Å². The van der Waals surface area contributed by atoms with Crippen molar-refractivity contribution in [1.29, 1.82) is 0 Å². The van der Waals surface area contributed by atoms with Gasteiger partial charge in [-0.2, -0.15) is 0 Å². The summed E-state index contributed by atoms with van der Waals surface area (Å²) in [5, 5.41) is 4.48. The van der Waals surface area contributed by atoms with Crippen molar-refractivity contribution in [2.45, 2.75) is 38.9 Å². The molecule has 0 spiro atoms. The van der Waals surface area contributed by atoms with Gasteiger partial charge in [-0.3, -0.25) is 9.59 Å². The molecule has 3 rings (SSSR count). The van der Waals surface area contributed by atoms with Crippen LogP contribution in [0.2, 0.25) is 0 Å². The number of carbonyl (C=O) groups is 3. The van der Waals surface area contributed by atoms with Gasteiger partial charge in [0.15, 0.2) is 0 Å². The average molecular weight is 448 g/mol. The van der Waals surface area contributed by atoms with Gasteiger partial charge in [0, 0.05) is 17.5 Å². The topological polar surface area (TPSA) is 79.0 Å². The van der Waals surface area contributed by atoms with Crippen molar-refractivity contribution in [2.75, 3.05) is 19.7 Å². The number of ether oxygens (including phenoxy) is 1. The Morgan fingerprint density at radius 3 is 2.52 bits per heavy atom. The van der Waals surface area contributed by atoms with Gasteiger partial charge < -0.3 is 19.9 Å². The molecule has 0 unspecified atom stereocenters.